The van der Waals surface area contributed by atoms with Crippen LogP contribution in [-0.2, 0) is 17.6 Å². The lowest BCUT2D eigenvalue weighted by atomic mass is 9.96. The molecule has 1 heterocycles. The quantitative estimate of drug-likeness (QED) is 0.789. The van der Waals surface area contributed by atoms with E-state index in [9.17, 15) is 4.79 Å². The highest BCUT2D eigenvalue weighted by atomic mass is 16.1. The normalized spacial score (nSPS) is 13.9. The lowest BCUT2D eigenvalue weighted by Crippen LogP contribution is -2.29. The number of hydrogen-bond donors (Lipinski definition) is 2. The number of aromatic nitrogens is 2. The van der Waals surface area contributed by atoms with Gasteiger partial charge < -0.3 is 10.6 Å². The topological polar surface area (TPSA) is 66.9 Å². The number of hydrogen-bond acceptors (Lipinski definition) is 4. The van der Waals surface area contributed by atoms with Crippen molar-refractivity contribution in [3.05, 3.63) is 17.1 Å². The third-order valence-corrected chi connectivity index (χ3v) is 3.76. The fraction of sp³-hybridized carbons (Fsp3) is 0.688. The third kappa shape index (κ3) is 4.41. The number of amides is 1. The molecule has 0 saturated heterocycles. The molecule has 5 nitrogen and oxygen atoms in total. The fourth-order valence-electron chi connectivity index (χ4n) is 2.57. The molecule has 5 heteroatoms. The number of rotatable bonds is 6. The van der Waals surface area contributed by atoms with Gasteiger partial charge in [0.1, 0.15) is 11.6 Å². The van der Waals surface area contributed by atoms with Crippen molar-refractivity contribution >= 4 is 11.7 Å². The van der Waals surface area contributed by atoms with Gasteiger partial charge in [-0.25, -0.2) is 9.97 Å². The van der Waals surface area contributed by atoms with Gasteiger partial charge in [-0.15, -0.1) is 0 Å². The first kappa shape index (κ1) is 15.7. The van der Waals surface area contributed by atoms with Crippen LogP contribution < -0.4 is 10.6 Å². The van der Waals surface area contributed by atoms with Crippen LogP contribution in [0.4, 0.5) is 5.82 Å². The summed E-state index contributed by atoms with van der Waals surface area (Å²) in [4.78, 5) is 20.6. The molecule has 0 radical (unpaired) electrons. The lowest BCUT2D eigenvalue weighted by Gasteiger charge is -2.19. The number of aryl methyl sites for hydroxylation is 2. The Morgan fingerprint density at radius 2 is 1.95 bits per heavy atom. The van der Waals surface area contributed by atoms with Crippen LogP contribution in [0, 0.1) is 12.8 Å². The predicted octanol–water partition coefficient (Wildman–Crippen LogP) is 2.24. The van der Waals surface area contributed by atoms with Crippen molar-refractivity contribution in [2.45, 2.75) is 52.9 Å². The van der Waals surface area contributed by atoms with Gasteiger partial charge in [-0.05, 0) is 39.0 Å². The molecule has 2 rings (SSSR count). The first-order chi connectivity index (χ1) is 10.1. The lowest BCUT2D eigenvalue weighted by molar-refractivity contribution is -0.123. The van der Waals surface area contributed by atoms with Crippen molar-refractivity contribution in [3.63, 3.8) is 0 Å². The van der Waals surface area contributed by atoms with Crippen LogP contribution in [0.15, 0.2) is 0 Å². The minimum Gasteiger partial charge on any atom is -0.370 e. The number of carbonyl (C=O) groups excluding carboxylic acids is 1. The molecule has 0 spiro atoms. The van der Waals surface area contributed by atoms with Crippen LogP contribution in [-0.4, -0.2) is 29.0 Å². The largest absolute Gasteiger partial charge is 0.370 e. The molecule has 0 atom stereocenters. The molecule has 1 aliphatic carbocycles. The first-order valence-electron chi connectivity index (χ1n) is 7.96. The number of carbonyl (C=O) groups is 1. The number of anilines is 1. The molecule has 0 bridgehead atoms. The van der Waals surface area contributed by atoms with Gasteiger partial charge >= 0.3 is 0 Å². The maximum absolute atomic E-state index is 11.5. The van der Waals surface area contributed by atoms with Crippen molar-refractivity contribution in [1.82, 2.24) is 15.3 Å². The molecular formula is C16H26N4O. The summed E-state index contributed by atoms with van der Waals surface area (Å²) in [6.07, 6.45) is 5.48. The third-order valence-electron chi connectivity index (χ3n) is 3.76. The van der Waals surface area contributed by atoms with E-state index >= 15 is 0 Å². The van der Waals surface area contributed by atoms with Crippen molar-refractivity contribution in [3.8, 4) is 0 Å². The zero-order valence-electron chi connectivity index (χ0n) is 13.3. The van der Waals surface area contributed by atoms with Gasteiger partial charge in [0.15, 0.2) is 0 Å². The SMILES string of the molecule is Cc1nc2c(c(NCCCNC(=O)C(C)C)n1)CCCC2. The predicted molar refractivity (Wildman–Crippen MR) is 84.4 cm³/mol. The molecule has 116 valence electrons. The molecule has 0 aliphatic heterocycles. The van der Waals surface area contributed by atoms with Crippen LogP contribution >= 0.6 is 0 Å². The van der Waals surface area contributed by atoms with Crippen molar-refractivity contribution in [2.24, 2.45) is 5.92 Å². The summed E-state index contributed by atoms with van der Waals surface area (Å²) < 4.78 is 0. The number of nitrogens with zero attached hydrogens (tertiary/aromatic N) is 2. The zero-order valence-corrected chi connectivity index (χ0v) is 13.3. The Morgan fingerprint density at radius 3 is 2.71 bits per heavy atom. The highest BCUT2D eigenvalue weighted by Crippen LogP contribution is 2.25. The van der Waals surface area contributed by atoms with E-state index < -0.39 is 0 Å². The molecule has 0 aromatic carbocycles. The molecule has 0 saturated carbocycles. The summed E-state index contributed by atoms with van der Waals surface area (Å²) in [6, 6.07) is 0. The fourth-order valence-corrected chi connectivity index (χ4v) is 2.57. The molecule has 0 fully saturated rings. The van der Waals surface area contributed by atoms with E-state index in [0.717, 1.165) is 37.4 Å². The van der Waals surface area contributed by atoms with Gasteiger partial charge in [0.2, 0.25) is 5.91 Å². The van der Waals surface area contributed by atoms with Crippen LogP contribution in [0.1, 0.15) is 50.2 Å². The maximum atomic E-state index is 11.5. The second-order valence-corrected chi connectivity index (χ2v) is 5.98. The minimum atomic E-state index is 0.0505. The Labute approximate surface area is 127 Å². The van der Waals surface area contributed by atoms with Crippen LogP contribution in [0.3, 0.4) is 0 Å². The molecule has 0 unspecified atom stereocenters. The van der Waals surface area contributed by atoms with Crippen molar-refractivity contribution in [2.75, 3.05) is 18.4 Å². The highest BCUT2D eigenvalue weighted by molar-refractivity contribution is 5.77. The van der Waals surface area contributed by atoms with Crippen LogP contribution in [0.2, 0.25) is 0 Å². The molecule has 1 amide bonds. The summed E-state index contributed by atoms with van der Waals surface area (Å²) in [6.45, 7) is 7.29. The summed E-state index contributed by atoms with van der Waals surface area (Å²) >= 11 is 0. The van der Waals surface area contributed by atoms with Gasteiger partial charge in [0.05, 0.1) is 0 Å². The Hall–Kier alpha value is -1.65. The first-order valence-corrected chi connectivity index (χ1v) is 7.96. The van der Waals surface area contributed by atoms with E-state index in [-0.39, 0.29) is 11.8 Å². The summed E-state index contributed by atoms with van der Waals surface area (Å²) in [5, 5.41) is 6.34. The van der Waals surface area contributed by atoms with Gasteiger partial charge in [-0.2, -0.15) is 0 Å². The average molecular weight is 290 g/mol. The summed E-state index contributed by atoms with van der Waals surface area (Å²) in [5.41, 5.74) is 2.50. The standard InChI is InChI=1S/C16H26N4O/c1-11(2)16(21)18-10-6-9-17-15-13-7-4-5-8-14(13)19-12(3)20-15/h11H,4-10H2,1-3H3,(H,18,21)(H,17,19,20). The van der Waals surface area contributed by atoms with Gasteiger partial charge in [-0.3, -0.25) is 4.79 Å². The summed E-state index contributed by atoms with van der Waals surface area (Å²) in [5.74, 6) is 2.00. The smallest absolute Gasteiger partial charge is 0.222 e. The van der Waals surface area contributed by atoms with E-state index in [1.54, 1.807) is 0 Å². The average Bonchev–Trinajstić information content (AvgIpc) is 2.46. The number of nitrogens with one attached hydrogen (secondary N) is 2. The van der Waals surface area contributed by atoms with Gasteiger partial charge in [0.25, 0.3) is 0 Å². The molecular weight excluding hydrogens is 264 g/mol. The second kappa shape index (κ2) is 7.38. The molecule has 2 N–H and O–H groups in total. The summed E-state index contributed by atoms with van der Waals surface area (Å²) in [7, 11) is 0. The van der Waals surface area contributed by atoms with Crippen LogP contribution in [0.25, 0.3) is 0 Å². The molecule has 1 aromatic rings. The Balaban J connectivity index is 1.83. The van der Waals surface area contributed by atoms with Crippen LogP contribution in [0.5, 0.6) is 0 Å². The Bertz CT molecular complexity index is 499. The maximum Gasteiger partial charge on any atom is 0.222 e. The van der Waals surface area contributed by atoms with Gasteiger partial charge in [-0.1, -0.05) is 13.8 Å². The minimum absolute atomic E-state index is 0.0505. The molecule has 21 heavy (non-hydrogen) atoms. The zero-order chi connectivity index (χ0) is 15.2. The second-order valence-electron chi connectivity index (χ2n) is 5.98. The molecule has 1 aliphatic rings. The molecule has 1 aromatic heterocycles. The van der Waals surface area contributed by atoms with E-state index in [2.05, 4.69) is 20.6 Å². The number of fused-ring (bicyclic) bond motifs is 1. The Kier molecular flexibility index (Phi) is 5.53. The monoisotopic (exact) mass is 290 g/mol. The van der Waals surface area contributed by atoms with Crippen molar-refractivity contribution < 1.29 is 4.79 Å². The highest BCUT2D eigenvalue weighted by Gasteiger charge is 2.16. The van der Waals surface area contributed by atoms with Crippen molar-refractivity contribution in [1.29, 1.82) is 0 Å². The Morgan fingerprint density at radius 1 is 1.19 bits per heavy atom. The van der Waals surface area contributed by atoms with E-state index in [1.807, 2.05) is 20.8 Å². The van der Waals surface area contributed by atoms with E-state index in [1.165, 1.54) is 24.1 Å². The van der Waals surface area contributed by atoms with Gasteiger partial charge in [0, 0.05) is 30.3 Å². The van der Waals surface area contributed by atoms with E-state index in [0.29, 0.717) is 6.54 Å². The van der Waals surface area contributed by atoms with E-state index in [4.69, 9.17) is 0 Å².